The molecule has 0 aliphatic heterocycles. The number of rotatable bonds is 7. The summed E-state index contributed by atoms with van der Waals surface area (Å²) in [6.45, 7) is 7.53. The minimum Gasteiger partial charge on any atom is -0.373 e. The van der Waals surface area contributed by atoms with E-state index < -0.39 is 0 Å². The van der Waals surface area contributed by atoms with Gasteiger partial charge in [-0.3, -0.25) is 4.79 Å². The third-order valence-electron chi connectivity index (χ3n) is 4.94. The summed E-state index contributed by atoms with van der Waals surface area (Å²) >= 11 is 0. The van der Waals surface area contributed by atoms with Crippen LogP contribution in [0.4, 0.5) is 17.3 Å². The lowest BCUT2D eigenvalue weighted by Crippen LogP contribution is -2.25. The number of aromatic nitrogens is 2. The second kappa shape index (κ2) is 8.17. The molecule has 0 saturated carbocycles. The number of aryl methyl sites for hydroxylation is 1. The minimum absolute atomic E-state index is 0.366. The highest BCUT2D eigenvalue weighted by molar-refractivity contribution is 5.89. The lowest BCUT2D eigenvalue weighted by molar-refractivity contribution is -0.107. The van der Waals surface area contributed by atoms with Crippen LogP contribution in [0.1, 0.15) is 19.4 Å². The van der Waals surface area contributed by atoms with Crippen molar-refractivity contribution in [3.63, 3.8) is 0 Å². The zero-order valence-electron chi connectivity index (χ0n) is 16.9. The molecule has 6 heteroatoms. The van der Waals surface area contributed by atoms with Gasteiger partial charge in [0.1, 0.15) is 0 Å². The van der Waals surface area contributed by atoms with Gasteiger partial charge in [-0.15, -0.1) is 0 Å². The molecule has 0 bridgehead atoms. The maximum atomic E-state index is 11.6. The summed E-state index contributed by atoms with van der Waals surface area (Å²) in [7, 11) is 2.02. The van der Waals surface area contributed by atoms with Crippen LogP contribution in [-0.4, -0.2) is 36.5 Å². The van der Waals surface area contributed by atoms with Crippen molar-refractivity contribution < 1.29 is 4.79 Å². The molecular weight excluding hydrogens is 350 g/mol. The fraction of sp³-hybridized carbons (Fsp3) is 0.273. The molecule has 1 aromatic heterocycles. The highest BCUT2D eigenvalue weighted by atomic mass is 16.1. The molecule has 0 atom stereocenters. The maximum absolute atomic E-state index is 11.6. The number of carbonyl (C=O) groups is 1. The highest BCUT2D eigenvalue weighted by Gasteiger charge is 2.18. The predicted octanol–water partition coefficient (Wildman–Crippen LogP) is 4.07. The quantitative estimate of drug-likeness (QED) is 0.608. The van der Waals surface area contributed by atoms with E-state index in [-0.39, 0.29) is 0 Å². The molecule has 0 spiro atoms. The van der Waals surface area contributed by atoms with Crippen molar-refractivity contribution in [2.75, 3.05) is 35.7 Å². The van der Waals surface area contributed by atoms with E-state index in [2.05, 4.69) is 40.8 Å². The Morgan fingerprint density at radius 1 is 1.07 bits per heavy atom. The van der Waals surface area contributed by atoms with Gasteiger partial charge in [0.2, 0.25) is 6.41 Å². The molecule has 2 aromatic carbocycles. The molecular formula is C22H27N5O. The molecule has 3 rings (SSSR count). The van der Waals surface area contributed by atoms with E-state index in [1.807, 2.05) is 44.3 Å². The first-order valence-corrected chi connectivity index (χ1v) is 9.48. The van der Waals surface area contributed by atoms with Gasteiger partial charge >= 0.3 is 0 Å². The van der Waals surface area contributed by atoms with Crippen LogP contribution in [0.25, 0.3) is 22.5 Å². The summed E-state index contributed by atoms with van der Waals surface area (Å²) in [5, 5.41) is 0. The summed E-state index contributed by atoms with van der Waals surface area (Å²) in [5.41, 5.74) is 12.6. The largest absolute Gasteiger partial charge is 0.373 e. The lowest BCUT2D eigenvalue weighted by Gasteiger charge is -2.26. The number of aromatic amines is 1. The fourth-order valence-electron chi connectivity index (χ4n) is 3.31. The van der Waals surface area contributed by atoms with Gasteiger partial charge < -0.3 is 20.5 Å². The van der Waals surface area contributed by atoms with Crippen molar-refractivity contribution in [3.8, 4) is 22.5 Å². The van der Waals surface area contributed by atoms with Crippen molar-refractivity contribution in [3.05, 3.63) is 48.0 Å². The van der Waals surface area contributed by atoms with E-state index in [9.17, 15) is 4.79 Å². The number of amides is 1. The van der Waals surface area contributed by atoms with Crippen LogP contribution in [0.3, 0.4) is 0 Å². The van der Waals surface area contributed by atoms with Crippen molar-refractivity contribution in [2.24, 2.45) is 0 Å². The number of imidazole rings is 1. The molecule has 0 unspecified atom stereocenters. The summed E-state index contributed by atoms with van der Waals surface area (Å²) in [6, 6.07) is 14.3. The molecule has 0 radical (unpaired) electrons. The molecule has 1 amide bonds. The Morgan fingerprint density at radius 3 is 2.50 bits per heavy atom. The van der Waals surface area contributed by atoms with Gasteiger partial charge in [0.25, 0.3) is 0 Å². The number of nitrogen functional groups attached to an aromatic ring is 1. The molecule has 0 saturated heterocycles. The number of nitrogens with zero attached hydrogens (tertiary/aromatic N) is 3. The Hall–Kier alpha value is -3.28. The van der Waals surface area contributed by atoms with Crippen LogP contribution in [0.15, 0.2) is 42.5 Å². The molecule has 0 aliphatic carbocycles. The average Bonchev–Trinajstić information content (AvgIpc) is 3.10. The van der Waals surface area contributed by atoms with Crippen LogP contribution in [0.2, 0.25) is 0 Å². The van der Waals surface area contributed by atoms with E-state index >= 15 is 0 Å². The minimum atomic E-state index is 0.366. The van der Waals surface area contributed by atoms with Crippen LogP contribution in [-0.2, 0) is 4.79 Å². The summed E-state index contributed by atoms with van der Waals surface area (Å²) in [4.78, 5) is 23.2. The molecule has 28 heavy (non-hydrogen) atoms. The Balaban J connectivity index is 2.17. The molecule has 1 heterocycles. The molecule has 3 N–H and O–H groups in total. The number of benzene rings is 2. The van der Waals surface area contributed by atoms with Crippen LogP contribution >= 0.6 is 0 Å². The van der Waals surface area contributed by atoms with Gasteiger partial charge in [-0.05, 0) is 39.0 Å². The van der Waals surface area contributed by atoms with Crippen LogP contribution in [0.5, 0.6) is 0 Å². The van der Waals surface area contributed by atoms with Crippen molar-refractivity contribution in [1.29, 1.82) is 0 Å². The van der Waals surface area contributed by atoms with Gasteiger partial charge in [0, 0.05) is 31.3 Å². The van der Waals surface area contributed by atoms with E-state index in [0.717, 1.165) is 52.4 Å². The monoisotopic (exact) mass is 377 g/mol. The summed E-state index contributed by atoms with van der Waals surface area (Å²) in [5.74, 6) is 0.366. The first-order chi connectivity index (χ1) is 13.5. The lowest BCUT2D eigenvalue weighted by atomic mass is 10.0. The number of nitrogens with two attached hydrogens (primary N) is 1. The van der Waals surface area contributed by atoms with Crippen LogP contribution in [0, 0.1) is 6.92 Å². The topological polar surface area (TPSA) is 78.2 Å². The van der Waals surface area contributed by atoms with Crippen molar-refractivity contribution in [2.45, 2.75) is 20.8 Å². The molecule has 0 fully saturated rings. The summed E-state index contributed by atoms with van der Waals surface area (Å²) < 4.78 is 0. The van der Waals surface area contributed by atoms with Crippen LogP contribution < -0.4 is 15.5 Å². The van der Waals surface area contributed by atoms with Gasteiger partial charge in [-0.25, -0.2) is 4.98 Å². The van der Waals surface area contributed by atoms with E-state index in [4.69, 9.17) is 5.73 Å². The number of carbonyl (C=O) groups excluding carboxylic acids is 1. The molecule has 0 aliphatic rings. The van der Waals surface area contributed by atoms with E-state index in [1.54, 1.807) is 4.90 Å². The van der Waals surface area contributed by atoms with Gasteiger partial charge in [0.15, 0.2) is 5.95 Å². The molecule has 146 valence electrons. The molecule has 3 aromatic rings. The first kappa shape index (κ1) is 19.5. The number of hydrogen-bond acceptors (Lipinski definition) is 4. The third kappa shape index (κ3) is 3.71. The number of hydrogen-bond donors (Lipinski definition) is 2. The second-order valence-corrected chi connectivity index (χ2v) is 6.82. The third-order valence-corrected chi connectivity index (χ3v) is 4.94. The zero-order chi connectivity index (χ0) is 20.3. The molecule has 6 nitrogen and oxygen atoms in total. The second-order valence-electron chi connectivity index (χ2n) is 6.82. The average molecular weight is 377 g/mol. The van der Waals surface area contributed by atoms with Gasteiger partial charge in [-0.1, -0.05) is 29.8 Å². The Labute approximate surface area is 166 Å². The van der Waals surface area contributed by atoms with Crippen molar-refractivity contribution >= 4 is 23.7 Å². The Bertz CT molecular complexity index is 979. The number of anilines is 3. The Morgan fingerprint density at radius 2 is 1.86 bits per heavy atom. The maximum Gasteiger partial charge on any atom is 0.214 e. The van der Waals surface area contributed by atoms with E-state index in [0.29, 0.717) is 12.5 Å². The normalized spacial score (nSPS) is 10.7. The predicted molar refractivity (Wildman–Crippen MR) is 117 cm³/mol. The zero-order valence-corrected chi connectivity index (χ0v) is 16.9. The first-order valence-electron chi connectivity index (χ1n) is 9.48. The number of nitrogens with one attached hydrogen (secondary N) is 1. The van der Waals surface area contributed by atoms with Crippen molar-refractivity contribution in [1.82, 2.24) is 9.97 Å². The van der Waals surface area contributed by atoms with Gasteiger partial charge in [-0.2, -0.15) is 0 Å². The fourth-order valence-corrected chi connectivity index (χ4v) is 3.31. The Kier molecular flexibility index (Phi) is 5.68. The SMILES string of the molecule is CCN(C)c1ccc(-c2[nH]c(N)nc2-c2cccc(C)c2)cc1N(C=O)CC. The highest BCUT2D eigenvalue weighted by Crippen LogP contribution is 2.37. The number of H-pyrrole nitrogens is 1. The van der Waals surface area contributed by atoms with Gasteiger partial charge in [0.05, 0.1) is 22.8 Å². The summed E-state index contributed by atoms with van der Waals surface area (Å²) in [6.07, 6.45) is 0.870. The smallest absolute Gasteiger partial charge is 0.214 e. The standard InChI is InChI=1S/C22H27N5O/c1-5-26(4)18-11-10-17(13-19(18)27(6-2)14-28)21-20(24-22(23)25-21)16-9-7-8-15(3)12-16/h7-14H,5-6H2,1-4H3,(H3,23,24,25). The van der Waals surface area contributed by atoms with E-state index in [1.165, 1.54) is 0 Å².